The van der Waals surface area contributed by atoms with Gasteiger partial charge in [0, 0.05) is 6.54 Å². The fourth-order valence-electron chi connectivity index (χ4n) is 6.12. The molecule has 2 saturated carbocycles. The standard InChI is InChI=1S/C21H40N2/c1-3-5-18(6-9-22)16-23-10-7-19(8-11-23)20-14-21(15-20)12-17(4-2)13-21/h17-20H,3-16,22H2,1-2H3. The zero-order valence-electron chi connectivity index (χ0n) is 15.7. The molecule has 23 heavy (non-hydrogen) atoms. The van der Waals surface area contributed by atoms with E-state index in [0.29, 0.717) is 0 Å². The molecule has 1 saturated heterocycles. The smallest absolute Gasteiger partial charge is 0.00101 e. The predicted molar refractivity (Wildman–Crippen MR) is 99.4 cm³/mol. The number of nitrogens with two attached hydrogens (primary N) is 1. The summed E-state index contributed by atoms with van der Waals surface area (Å²) < 4.78 is 0. The summed E-state index contributed by atoms with van der Waals surface area (Å²) in [7, 11) is 0. The Labute approximate surface area is 144 Å². The van der Waals surface area contributed by atoms with Crippen molar-refractivity contribution in [3.63, 3.8) is 0 Å². The maximum atomic E-state index is 5.80. The van der Waals surface area contributed by atoms with Gasteiger partial charge in [-0.25, -0.2) is 0 Å². The molecule has 0 aromatic rings. The van der Waals surface area contributed by atoms with Gasteiger partial charge in [-0.1, -0.05) is 26.7 Å². The highest BCUT2D eigenvalue weighted by molar-refractivity contribution is 5.04. The van der Waals surface area contributed by atoms with Crippen molar-refractivity contribution < 1.29 is 0 Å². The fraction of sp³-hybridized carbons (Fsp3) is 1.00. The first-order valence-corrected chi connectivity index (χ1v) is 10.6. The molecule has 1 spiro atoms. The summed E-state index contributed by atoms with van der Waals surface area (Å²) >= 11 is 0. The molecule has 1 heterocycles. The highest BCUT2D eigenvalue weighted by Gasteiger charge is 2.53. The van der Waals surface area contributed by atoms with Crippen LogP contribution < -0.4 is 5.73 Å². The van der Waals surface area contributed by atoms with Crippen LogP contribution in [0.15, 0.2) is 0 Å². The van der Waals surface area contributed by atoms with Crippen molar-refractivity contribution in [2.45, 2.75) is 78.1 Å². The van der Waals surface area contributed by atoms with Crippen molar-refractivity contribution in [1.29, 1.82) is 0 Å². The van der Waals surface area contributed by atoms with E-state index >= 15 is 0 Å². The fourth-order valence-corrected chi connectivity index (χ4v) is 6.12. The van der Waals surface area contributed by atoms with Crippen LogP contribution in [0.25, 0.3) is 0 Å². The van der Waals surface area contributed by atoms with Gasteiger partial charge in [0.2, 0.25) is 0 Å². The Kier molecular flexibility index (Phi) is 6.07. The van der Waals surface area contributed by atoms with Crippen LogP contribution in [-0.2, 0) is 0 Å². The van der Waals surface area contributed by atoms with Crippen molar-refractivity contribution in [3.05, 3.63) is 0 Å². The quantitative estimate of drug-likeness (QED) is 0.703. The van der Waals surface area contributed by atoms with Crippen molar-refractivity contribution in [2.24, 2.45) is 34.8 Å². The number of hydrogen-bond acceptors (Lipinski definition) is 2. The monoisotopic (exact) mass is 320 g/mol. The van der Waals surface area contributed by atoms with E-state index in [1.54, 1.807) is 25.7 Å². The first kappa shape index (κ1) is 17.7. The number of rotatable bonds is 8. The van der Waals surface area contributed by atoms with Gasteiger partial charge < -0.3 is 10.6 Å². The number of hydrogen-bond donors (Lipinski definition) is 1. The summed E-state index contributed by atoms with van der Waals surface area (Å²) in [5.41, 5.74) is 6.64. The molecule has 3 rings (SSSR count). The molecule has 2 nitrogen and oxygen atoms in total. The van der Waals surface area contributed by atoms with Crippen LogP contribution in [0, 0.1) is 29.1 Å². The molecule has 3 fully saturated rings. The highest BCUT2D eigenvalue weighted by atomic mass is 15.1. The Morgan fingerprint density at radius 2 is 1.70 bits per heavy atom. The van der Waals surface area contributed by atoms with Gasteiger partial charge in [-0.15, -0.1) is 0 Å². The Morgan fingerprint density at radius 3 is 2.26 bits per heavy atom. The zero-order valence-corrected chi connectivity index (χ0v) is 15.7. The second-order valence-corrected chi connectivity index (χ2v) is 9.22. The van der Waals surface area contributed by atoms with E-state index in [2.05, 4.69) is 18.7 Å². The molecule has 1 atom stereocenters. The lowest BCUT2D eigenvalue weighted by Crippen LogP contribution is -2.51. The second-order valence-electron chi connectivity index (χ2n) is 9.22. The van der Waals surface area contributed by atoms with E-state index in [4.69, 9.17) is 5.73 Å². The Bertz CT molecular complexity index is 339. The first-order chi connectivity index (χ1) is 11.2. The molecule has 134 valence electrons. The van der Waals surface area contributed by atoms with Gasteiger partial charge in [0.1, 0.15) is 0 Å². The number of nitrogens with zero attached hydrogens (tertiary/aromatic N) is 1. The van der Waals surface area contributed by atoms with E-state index in [1.807, 2.05) is 0 Å². The largest absolute Gasteiger partial charge is 0.330 e. The minimum absolute atomic E-state index is 0.842. The molecule has 1 unspecified atom stereocenters. The molecule has 2 aliphatic carbocycles. The summed E-state index contributed by atoms with van der Waals surface area (Å²) in [4.78, 5) is 2.75. The molecule has 0 radical (unpaired) electrons. The van der Waals surface area contributed by atoms with Gasteiger partial charge >= 0.3 is 0 Å². The summed E-state index contributed by atoms with van der Waals surface area (Å²) in [6.07, 6.45) is 14.6. The molecule has 2 N–H and O–H groups in total. The summed E-state index contributed by atoms with van der Waals surface area (Å²) in [6.45, 7) is 9.58. The molecule has 0 amide bonds. The van der Waals surface area contributed by atoms with Crippen LogP contribution in [0.5, 0.6) is 0 Å². The minimum Gasteiger partial charge on any atom is -0.330 e. The van der Waals surface area contributed by atoms with Crippen LogP contribution in [0.4, 0.5) is 0 Å². The third kappa shape index (κ3) is 4.12. The third-order valence-corrected chi connectivity index (χ3v) is 7.50. The predicted octanol–water partition coefficient (Wildman–Crippen LogP) is 4.68. The molecular weight excluding hydrogens is 280 g/mol. The van der Waals surface area contributed by atoms with Crippen LogP contribution in [0.1, 0.15) is 78.1 Å². The molecule has 2 heteroatoms. The lowest BCUT2D eigenvalue weighted by Gasteiger charge is -2.60. The van der Waals surface area contributed by atoms with Crippen molar-refractivity contribution >= 4 is 0 Å². The lowest BCUT2D eigenvalue weighted by atomic mass is 9.45. The van der Waals surface area contributed by atoms with Gasteiger partial charge in [0.05, 0.1) is 0 Å². The molecule has 1 aliphatic heterocycles. The Hall–Kier alpha value is -0.0800. The summed E-state index contributed by atoms with van der Waals surface area (Å²) in [5, 5.41) is 0. The molecule has 0 aromatic heterocycles. The van der Waals surface area contributed by atoms with Gasteiger partial charge in [0.15, 0.2) is 0 Å². The van der Waals surface area contributed by atoms with Gasteiger partial charge in [0.25, 0.3) is 0 Å². The Morgan fingerprint density at radius 1 is 1.00 bits per heavy atom. The zero-order chi connectivity index (χ0) is 16.3. The van der Waals surface area contributed by atoms with Crippen LogP contribution in [0.2, 0.25) is 0 Å². The number of piperidine rings is 1. The SMILES string of the molecule is CCCC(CCN)CN1CCC(C2CC3(CC(CC)C3)C2)CC1. The van der Waals surface area contributed by atoms with Crippen molar-refractivity contribution in [2.75, 3.05) is 26.2 Å². The molecular formula is C21H40N2. The first-order valence-electron chi connectivity index (χ1n) is 10.6. The minimum atomic E-state index is 0.842. The van der Waals surface area contributed by atoms with Crippen LogP contribution in [0.3, 0.4) is 0 Å². The van der Waals surface area contributed by atoms with Gasteiger partial charge in [-0.3, -0.25) is 0 Å². The maximum Gasteiger partial charge on any atom is 0.00101 e. The highest BCUT2D eigenvalue weighted by Crippen LogP contribution is 2.64. The van der Waals surface area contributed by atoms with E-state index in [-0.39, 0.29) is 0 Å². The topological polar surface area (TPSA) is 29.3 Å². The lowest BCUT2D eigenvalue weighted by molar-refractivity contribution is -0.0958. The van der Waals surface area contributed by atoms with E-state index < -0.39 is 0 Å². The van der Waals surface area contributed by atoms with Crippen LogP contribution in [-0.4, -0.2) is 31.1 Å². The second kappa shape index (κ2) is 7.87. The van der Waals surface area contributed by atoms with E-state index in [9.17, 15) is 0 Å². The molecule has 3 aliphatic rings. The van der Waals surface area contributed by atoms with Crippen LogP contribution >= 0.6 is 0 Å². The maximum absolute atomic E-state index is 5.80. The molecule has 0 bridgehead atoms. The van der Waals surface area contributed by atoms with Gasteiger partial charge in [-0.2, -0.15) is 0 Å². The summed E-state index contributed by atoms with van der Waals surface area (Å²) in [6, 6.07) is 0. The Balaban J connectivity index is 1.35. The normalized spacial score (nSPS) is 36.7. The van der Waals surface area contributed by atoms with Crippen molar-refractivity contribution in [3.8, 4) is 0 Å². The van der Waals surface area contributed by atoms with E-state index in [1.165, 1.54) is 58.2 Å². The van der Waals surface area contributed by atoms with Crippen molar-refractivity contribution in [1.82, 2.24) is 4.90 Å². The molecule has 0 aromatic carbocycles. The third-order valence-electron chi connectivity index (χ3n) is 7.50. The average Bonchev–Trinajstić information content (AvgIpc) is 2.47. The van der Waals surface area contributed by atoms with Gasteiger partial charge in [-0.05, 0) is 100 Å². The van der Waals surface area contributed by atoms with E-state index in [0.717, 1.165) is 35.6 Å². The summed E-state index contributed by atoms with van der Waals surface area (Å²) in [5.74, 6) is 4.06. The number of likely N-dealkylation sites (tertiary alicyclic amines) is 1. The average molecular weight is 321 g/mol.